The maximum absolute atomic E-state index is 5.81. The minimum absolute atomic E-state index is 0.490. The van der Waals surface area contributed by atoms with Gasteiger partial charge in [-0.25, -0.2) is 4.98 Å². The summed E-state index contributed by atoms with van der Waals surface area (Å²) in [6.45, 7) is 3.56. The van der Waals surface area contributed by atoms with Gasteiger partial charge in [-0.1, -0.05) is 37.1 Å². The zero-order valence-electron chi connectivity index (χ0n) is 12.2. The van der Waals surface area contributed by atoms with Gasteiger partial charge in [-0.05, 0) is 31.5 Å². The van der Waals surface area contributed by atoms with Gasteiger partial charge in [0.05, 0.1) is 11.6 Å². The molecule has 0 aliphatic carbocycles. The molecule has 0 N–H and O–H groups in total. The zero-order valence-corrected chi connectivity index (χ0v) is 13.8. The van der Waals surface area contributed by atoms with Gasteiger partial charge < -0.3 is 0 Å². The number of hydrogen-bond donors (Lipinski definition) is 0. The third kappa shape index (κ3) is 4.06. The largest absolute Gasteiger partial charge is 0.299 e. The van der Waals surface area contributed by atoms with Crippen molar-refractivity contribution in [1.29, 1.82) is 0 Å². The highest BCUT2D eigenvalue weighted by Crippen LogP contribution is 2.25. The van der Waals surface area contributed by atoms with Crippen LogP contribution in [-0.2, 0) is 12.4 Å². The topological polar surface area (TPSA) is 16.1 Å². The molecule has 2 nitrogen and oxygen atoms in total. The number of hydrogen-bond acceptors (Lipinski definition) is 3. The molecule has 1 aliphatic heterocycles. The molecule has 112 valence electrons. The second kappa shape index (κ2) is 7.39. The van der Waals surface area contributed by atoms with E-state index in [1.807, 2.05) is 5.38 Å². The summed E-state index contributed by atoms with van der Waals surface area (Å²) < 4.78 is 0. The number of thiazole rings is 1. The first-order valence-electron chi connectivity index (χ1n) is 7.67. The molecule has 21 heavy (non-hydrogen) atoms. The molecule has 0 unspecified atom stereocenters. The maximum atomic E-state index is 5.81. The molecule has 0 bridgehead atoms. The Morgan fingerprint density at radius 1 is 1.05 bits per heavy atom. The molecule has 2 aromatic rings. The van der Waals surface area contributed by atoms with E-state index in [-0.39, 0.29) is 0 Å². The quantitative estimate of drug-likeness (QED) is 0.743. The van der Waals surface area contributed by atoms with Crippen LogP contribution in [0.4, 0.5) is 0 Å². The first-order valence-corrected chi connectivity index (χ1v) is 9.08. The average Bonchev–Trinajstić information content (AvgIpc) is 2.86. The van der Waals surface area contributed by atoms with Crippen molar-refractivity contribution in [2.75, 3.05) is 13.1 Å². The molecule has 0 amide bonds. The highest BCUT2D eigenvalue weighted by molar-refractivity contribution is 7.13. The molecule has 4 heteroatoms. The Morgan fingerprint density at radius 3 is 2.38 bits per heavy atom. The van der Waals surface area contributed by atoms with Crippen molar-refractivity contribution in [3.05, 3.63) is 40.9 Å². The number of rotatable bonds is 4. The van der Waals surface area contributed by atoms with Crippen LogP contribution >= 0.6 is 22.9 Å². The Morgan fingerprint density at radius 2 is 1.76 bits per heavy atom. The van der Waals surface area contributed by atoms with E-state index in [9.17, 15) is 0 Å². The molecule has 1 saturated heterocycles. The van der Waals surface area contributed by atoms with Crippen molar-refractivity contribution in [1.82, 2.24) is 9.88 Å². The molecule has 3 rings (SSSR count). The lowest BCUT2D eigenvalue weighted by atomic mass is 10.1. The number of alkyl halides is 1. The second-order valence-electron chi connectivity index (χ2n) is 5.66. The second-order valence-corrected chi connectivity index (χ2v) is 6.79. The number of benzene rings is 1. The molecule has 0 atom stereocenters. The van der Waals surface area contributed by atoms with Crippen LogP contribution in [0, 0.1) is 0 Å². The lowest BCUT2D eigenvalue weighted by Gasteiger charge is -2.19. The molecule has 1 aliphatic rings. The van der Waals surface area contributed by atoms with Crippen LogP contribution in [0.15, 0.2) is 29.6 Å². The lowest BCUT2D eigenvalue weighted by Crippen LogP contribution is -2.23. The van der Waals surface area contributed by atoms with E-state index in [2.05, 4.69) is 34.1 Å². The van der Waals surface area contributed by atoms with E-state index in [1.165, 1.54) is 49.9 Å². The molecule has 2 heterocycles. The van der Waals surface area contributed by atoms with E-state index in [0.717, 1.165) is 17.2 Å². The molecular formula is C17H21ClN2S. The predicted octanol–water partition coefficient (Wildman–Crippen LogP) is 4.92. The molecule has 0 radical (unpaired) electrons. The van der Waals surface area contributed by atoms with Gasteiger partial charge in [0.25, 0.3) is 0 Å². The summed E-state index contributed by atoms with van der Waals surface area (Å²) in [5.41, 5.74) is 3.55. The van der Waals surface area contributed by atoms with E-state index in [1.54, 1.807) is 11.3 Å². The minimum Gasteiger partial charge on any atom is -0.299 e. The fourth-order valence-corrected chi connectivity index (χ4v) is 3.86. The van der Waals surface area contributed by atoms with E-state index in [4.69, 9.17) is 11.6 Å². The fraction of sp³-hybridized carbons (Fsp3) is 0.471. The molecule has 0 spiro atoms. The minimum atomic E-state index is 0.490. The number of nitrogens with zero attached hydrogens (tertiary/aromatic N) is 2. The normalized spacial score (nSPS) is 16.8. The molecular weight excluding hydrogens is 300 g/mol. The first-order chi connectivity index (χ1) is 10.3. The van der Waals surface area contributed by atoms with Crippen molar-refractivity contribution in [3.8, 4) is 10.6 Å². The van der Waals surface area contributed by atoms with Crippen LogP contribution in [0.2, 0.25) is 0 Å². The van der Waals surface area contributed by atoms with Gasteiger partial charge in [-0.3, -0.25) is 4.90 Å². The standard InChI is InChI=1S/C17H21ClN2S/c18-11-16-13-21-17(19-16)15-7-5-14(6-8-15)12-20-9-3-1-2-4-10-20/h5-8,13H,1-4,9-12H2. The van der Waals surface area contributed by atoms with E-state index >= 15 is 0 Å². The van der Waals surface area contributed by atoms with Crippen molar-refractivity contribution >= 4 is 22.9 Å². The Balaban J connectivity index is 1.65. The zero-order chi connectivity index (χ0) is 14.5. The Labute approximate surface area is 135 Å². The van der Waals surface area contributed by atoms with Crippen molar-refractivity contribution in [2.45, 2.75) is 38.1 Å². The van der Waals surface area contributed by atoms with E-state index in [0.29, 0.717) is 5.88 Å². The summed E-state index contributed by atoms with van der Waals surface area (Å²) in [5.74, 6) is 0.490. The van der Waals surface area contributed by atoms with Gasteiger partial charge in [0.15, 0.2) is 0 Å². The Bertz CT molecular complexity index is 556. The number of likely N-dealkylation sites (tertiary alicyclic amines) is 1. The monoisotopic (exact) mass is 320 g/mol. The van der Waals surface area contributed by atoms with Crippen LogP contribution in [0.3, 0.4) is 0 Å². The van der Waals surface area contributed by atoms with Gasteiger partial charge in [0, 0.05) is 17.5 Å². The van der Waals surface area contributed by atoms with Crippen LogP contribution in [-0.4, -0.2) is 23.0 Å². The van der Waals surface area contributed by atoms with Gasteiger partial charge in [0.1, 0.15) is 5.01 Å². The Kier molecular flexibility index (Phi) is 5.28. The smallest absolute Gasteiger partial charge is 0.123 e. The Hall–Kier alpha value is -0.900. The maximum Gasteiger partial charge on any atom is 0.123 e. The molecule has 1 aromatic heterocycles. The number of halogens is 1. The SMILES string of the molecule is ClCc1csc(-c2ccc(CN3CCCCCC3)cc2)n1. The predicted molar refractivity (Wildman–Crippen MR) is 90.9 cm³/mol. The lowest BCUT2D eigenvalue weighted by molar-refractivity contribution is 0.277. The molecule has 1 fully saturated rings. The summed E-state index contributed by atoms with van der Waals surface area (Å²) in [6, 6.07) is 8.85. The third-order valence-electron chi connectivity index (χ3n) is 3.99. The van der Waals surface area contributed by atoms with E-state index < -0.39 is 0 Å². The fourth-order valence-electron chi connectivity index (χ4n) is 2.81. The summed E-state index contributed by atoms with van der Waals surface area (Å²) in [7, 11) is 0. The summed E-state index contributed by atoms with van der Waals surface area (Å²) in [4.78, 5) is 7.11. The van der Waals surface area contributed by atoms with Gasteiger partial charge >= 0.3 is 0 Å². The molecule has 1 aromatic carbocycles. The van der Waals surface area contributed by atoms with Crippen molar-refractivity contribution < 1.29 is 0 Å². The van der Waals surface area contributed by atoms with Crippen molar-refractivity contribution in [3.63, 3.8) is 0 Å². The third-order valence-corrected chi connectivity index (χ3v) is 5.21. The highest BCUT2D eigenvalue weighted by Gasteiger charge is 2.10. The van der Waals surface area contributed by atoms with Crippen LogP contribution in [0.5, 0.6) is 0 Å². The van der Waals surface area contributed by atoms with Gasteiger partial charge in [0.2, 0.25) is 0 Å². The number of aromatic nitrogens is 1. The first kappa shape index (κ1) is 15.0. The molecule has 0 saturated carbocycles. The highest BCUT2D eigenvalue weighted by atomic mass is 35.5. The summed E-state index contributed by atoms with van der Waals surface area (Å²) >= 11 is 7.48. The van der Waals surface area contributed by atoms with Gasteiger partial charge in [-0.15, -0.1) is 22.9 Å². The van der Waals surface area contributed by atoms with Crippen molar-refractivity contribution in [2.24, 2.45) is 0 Å². The van der Waals surface area contributed by atoms with Crippen LogP contribution < -0.4 is 0 Å². The summed E-state index contributed by atoms with van der Waals surface area (Å²) in [5, 5.41) is 3.10. The van der Waals surface area contributed by atoms with Crippen LogP contribution in [0.25, 0.3) is 10.6 Å². The van der Waals surface area contributed by atoms with Crippen LogP contribution in [0.1, 0.15) is 36.9 Å². The summed E-state index contributed by atoms with van der Waals surface area (Å²) in [6.07, 6.45) is 5.47. The average molecular weight is 321 g/mol. The van der Waals surface area contributed by atoms with Gasteiger partial charge in [-0.2, -0.15) is 0 Å².